The Morgan fingerprint density at radius 2 is 1.89 bits per heavy atom. The average Bonchev–Trinajstić information content (AvgIpc) is 2.73. The first kappa shape index (κ1) is 17.5. The van der Waals surface area contributed by atoms with Gasteiger partial charge in [-0.2, -0.15) is 4.98 Å². The van der Waals surface area contributed by atoms with Gasteiger partial charge in [-0.3, -0.25) is 4.79 Å². The Kier molecular flexibility index (Phi) is 5.00. The number of aromatic nitrogens is 1. The monoisotopic (exact) mass is 369 g/mol. The van der Waals surface area contributed by atoms with E-state index in [1.54, 1.807) is 0 Å². The Balaban J connectivity index is 1.35. The molecular weight excluding hydrogens is 346 g/mol. The van der Waals surface area contributed by atoms with Crippen molar-refractivity contribution in [2.75, 3.05) is 44.3 Å². The zero-order chi connectivity index (χ0) is 18.6. The highest BCUT2D eigenvalue weighted by molar-refractivity contribution is 5.82. The fourth-order valence-electron chi connectivity index (χ4n) is 3.31. The molecule has 0 saturated carbocycles. The van der Waals surface area contributed by atoms with Crippen LogP contribution in [0.3, 0.4) is 0 Å². The van der Waals surface area contributed by atoms with Gasteiger partial charge in [0.05, 0.1) is 6.61 Å². The van der Waals surface area contributed by atoms with E-state index in [4.69, 9.17) is 14.2 Å². The number of para-hydroxylation sites is 2. The van der Waals surface area contributed by atoms with Crippen LogP contribution in [0, 0.1) is 0 Å². The number of hydrogen-bond acceptors (Lipinski definition) is 6. The Morgan fingerprint density at radius 1 is 1.11 bits per heavy atom. The van der Waals surface area contributed by atoms with Crippen molar-refractivity contribution in [2.45, 2.75) is 13.0 Å². The lowest BCUT2D eigenvalue weighted by molar-refractivity contribution is -0.141. The molecule has 7 nitrogen and oxygen atoms in total. The van der Waals surface area contributed by atoms with Gasteiger partial charge in [0.15, 0.2) is 11.5 Å². The number of hydrogen-bond donors (Lipinski definition) is 0. The van der Waals surface area contributed by atoms with E-state index in [1.165, 1.54) is 0 Å². The van der Waals surface area contributed by atoms with Crippen molar-refractivity contribution < 1.29 is 19.0 Å². The van der Waals surface area contributed by atoms with Crippen molar-refractivity contribution in [2.24, 2.45) is 0 Å². The number of pyridine rings is 1. The largest absolute Gasteiger partial charge is 0.485 e. The van der Waals surface area contributed by atoms with E-state index in [2.05, 4.69) is 9.88 Å². The maximum atomic E-state index is 12.8. The summed E-state index contributed by atoms with van der Waals surface area (Å²) in [6.07, 6.45) is -0.592. The van der Waals surface area contributed by atoms with Gasteiger partial charge in [-0.1, -0.05) is 18.2 Å². The van der Waals surface area contributed by atoms with Crippen LogP contribution in [-0.4, -0.2) is 61.3 Å². The van der Waals surface area contributed by atoms with E-state index in [1.807, 2.05) is 54.3 Å². The molecule has 1 unspecified atom stereocenters. The first-order valence-corrected chi connectivity index (χ1v) is 9.26. The standard InChI is InChI=1S/C20H23N3O4/c1-2-25-19-9-5-8-18(21-19)22-10-12-23(13-11-22)20(24)17-14-26-15-6-3-4-7-16(15)27-17/h3-9,17H,2,10-14H2,1H3. The third kappa shape index (κ3) is 3.77. The predicted molar refractivity (Wildman–Crippen MR) is 101 cm³/mol. The highest BCUT2D eigenvalue weighted by atomic mass is 16.6. The summed E-state index contributed by atoms with van der Waals surface area (Å²) in [6, 6.07) is 13.2. The van der Waals surface area contributed by atoms with E-state index in [0.717, 1.165) is 18.9 Å². The first-order valence-electron chi connectivity index (χ1n) is 9.26. The van der Waals surface area contributed by atoms with E-state index in [9.17, 15) is 4.79 Å². The number of carbonyl (C=O) groups is 1. The molecule has 0 bridgehead atoms. The second-order valence-corrected chi connectivity index (χ2v) is 6.44. The van der Waals surface area contributed by atoms with Crippen LogP contribution in [-0.2, 0) is 4.79 Å². The van der Waals surface area contributed by atoms with Crippen LogP contribution in [0.1, 0.15) is 6.92 Å². The Hall–Kier alpha value is -2.96. The number of nitrogens with zero attached hydrogens (tertiary/aromatic N) is 3. The van der Waals surface area contributed by atoms with Gasteiger partial charge in [0.25, 0.3) is 5.91 Å². The van der Waals surface area contributed by atoms with Crippen LogP contribution in [0.4, 0.5) is 5.82 Å². The third-order valence-electron chi connectivity index (χ3n) is 4.70. The number of piperazine rings is 1. The molecule has 1 saturated heterocycles. The van der Waals surface area contributed by atoms with Gasteiger partial charge >= 0.3 is 0 Å². The fourth-order valence-corrected chi connectivity index (χ4v) is 3.31. The molecule has 0 spiro atoms. The van der Waals surface area contributed by atoms with Crippen molar-refractivity contribution in [3.63, 3.8) is 0 Å². The van der Waals surface area contributed by atoms with Crippen LogP contribution in [0.2, 0.25) is 0 Å². The van der Waals surface area contributed by atoms with Crippen molar-refractivity contribution in [1.82, 2.24) is 9.88 Å². The van der Waals surface area contributed by atoms with Gasteiger partial charge in [0.2, 0.25) is 12.0 Å². The zero-order valence-electron chi connectivity index (χ0n) is 15.3. The van der Waals surface area contributed by atoms with Crippen LogP contribution >= 0.6 is 0 Å². The smallest absolute Gasteiger partial charge is 0.267 e. The molecule has 0 aliphatic carbocycles. The molecule has 0 N–H and O–H groups in total. The van der Waals surface area contributed by atoms with Crippen LogP contribution in [0.15, 0.2) is 42.5 Å². The summed E-state index contributed by atoms with van der Waals surface area (Å²) in [7, 11) is 0. The minimum atomic E-state index is -0.592. The number of amides is 1. The third-order valence-corrected chi connectivity index (χ3v) is 4.70. The highest BCUT2D eigenvalue weighted by Crippen LogP contribution is 2.31. The molecule has 2 aliphatic rings. The first-order chi connectivity index (χ1) is 13.2. The van der Waals surface area contributed by atoms with Gasteiger partial charge < -0.3 is 24.0 Å². The second-order valence-electron chi connectivity index (χ2n) is 6.44. The topological polar surface area (TPSA) is 64.1 Å². The Morgan fingerprint density at radius 3 is 2.67 bits per heavy atom. The fraction of sp³-hybridized carbons (Fsp3) is 0.400. The molecule has 4 rings (SSSR count). The lowest BCUT2D eigenvalue weighted by Gasteiger charge is -2.37. The molecule has 1 fully saturated rings. The van der Waals surface area contributed by atoms with Gasteiger partial charge in [0, 0.05) is 32.2 Å². The maximum Gasteiger partial charge on any atom is 0.267 e. The van der Waals surface area contributed by atoms with Gasteiger partial charge in [-0.25, -0.2) is 0 Å². The van der Waals surface area contributed by atoms with E-state index >= 15 is 0 Å². The summed E-state index contributed by atoms with van der Waals surface area (Å²) in [5.74, 6) is 2.78. The number of fused-ring (bicyclic) bond motifs is 1. The number of benzene rings is 1. The average molecular weight is 369 g/mol. The lowest BCUT2D eigenvalue weighted by Crippen LogP contribution is -2.54. The molecule has 2 aliphatic heterocycles. The van der Waals surface area contributed by atoms with Crippen molar-refractivity contribution >= 4 is 11.7 Å². The number of ether oxygens (including phenoxy) is 3. The minimum Gasteiger partial charge on any atom is -0.485 e. The van der Waals surface area contributed by atoms with Crippen LogP contribution in [0.25, 0.3) is 0 Å². The van der Waals surface area contributed by atoms with Crippen LogP contribution < -0.4 is 19.1 Å². The molecular formula is C20H23N3O4. The van der Waals surface area contributed by atoms with Crippen molar-refractivity contribution in [1.29, 1.82) is 0 Å². The summed E-state index contributed by atoms with van der Waals surface area (Å²) in [5, 5.41) is 0. The predicted octanol–water partition coefficient (Wildman–Crippen LogP) is 1.97. The summed E-state index contributed by atoms with van der Waals surface area (Å²) in [5.41, 5.74) is 0. The summed E-state index contributed by atoms with van der Waals surface area (Å²) >= 11 is 0. The number of rotatable bonds is 4. The molecule has 7 heteroatoms. The zero-order valence-corrected chi connectivity index (χ0v) is 15.3. The molecule has 2 aromatic rings. The quantitative estimate of drug-likeness (QED) is 0.821. The van der Waals surface area contributed by atoms with Crippen LogP contribution in [0.5, 0.6) is 17.4 Å². The minimum absolute atomic E-state index is 0.0276. The number of anilines is 1. The van der Waals surface area contributed by atoms with Gasteiger partial charge in [-0.15, -0.1) is 0 Å². The summed E-state index contributed by atoms with van der Waals surface area (Å²) in [6.45, 7) is 5.46. The molecule has 1 atom stereocenters. The molecule has 1 aromatic carbocycles. The second kappa shape index (κ2) is 7.73. The van der Waals surface area contributed by atoms with E-state index < -0.39 is 6.10 Å². The maximum absolute atomic E-state index is 12.8. The van der Waals surface area contributed by atoms with Crippen molar-refractivity contribution in [3.8, 4) is 17.4 Å². The number of carbonyl (C=O) groups excluding carboxylic acids is 1. The SMILES string of the molecule is CCOc1cccc(N2CCN(C(=O)C3COc4ccccc4O3)CC2)n1. The molecule has 1 amide bonds. The molecule has 142 valence electrons. The van der Waals surface area contributed by atoms with Crippen molar-refractivity contribution in [3.05, 3.63) is 42.5 Å². The van der Waals surface area contributed by atoms with E-state index in [-0.39, 0.29) is 12.5 Å². The Labute approximate surface area is 158 Å². The molecule has 0 radical (unpaired) electrons. The normalized spacial score (nSPS) is 18.9. The summed E-state index contributed by atoms with van der Waals surface area (Å²) in [4.78, 5) is 21.3. The molecule has 27 heavy (non-hydrogen) atoms. The van der Waals surface area contributed by atoms with Gasteiger partial charge in [-0.05, 0) is 25.1 Å². The Bertz CT molecular complexity index is 805. The van der Waals surface area contributed by atoms with Gasteiger partial charge in [0.1, 0.15) is 12.4 Å². The van der Waals surface area contributed by atoms with E-state index in [0.29, 0.717) is 37.1 Å². The summed E-state index contributed by atoms with van der Waals surface area (Å²) < 4.78 is 17.0. The molecule has 1 aromatic heterocycles. The lowest BCUT2D eigenvalue weighted by atomic mass is 10.2. The highest BCUT2D eigenvalue weighted by Gasteiger charge is 2.32. The molecule has 3 heterocycles.